The molecule has 1 rings (SSSR count). The van der Waals surface area contributed by atoms with E-state index in [1.165, 1.54) is 6.07 Å². The van der Waals surface area contributed by atoms with Gasteiger partial charge in [0, 0.05) is 4.90 Å². The van der Waals surface area contributed by atoms with Crippen molar-refractivity contribution in [3.63, 3.8) is 0 Å². The molecule has 0 spiro atoms. The van der Waals surface area contributed by atoms with Crippen LogP contribution in [-0.4, -0.2) is 8.76 Å². The lowest BCUT2D eigenvalue weighted by Crippen LogP contribution is -2.09. The summed E-state index contributed by atoms with van der Waals surface area (Å²) in [6.45, 7) is 0. The zero-order valence-corrected chi connectivity index (χ0v) is 6.98. The second-order valence-corrected chi connectivity index (χ2v) is 3.14. The monoisotopic (exact) mass is 209 g/mol. The van der Waals surface area contributed by atoms with Gasteiger partial charge in [0.25, 0.3) is 0 Å². The van der Waals surface area contributed by atoms with Gasteiger partial charge in [0.15, 0.2) is 0 Å². The molecular formula is C7H4F3O2S-. The average molecular weight is 209 g/mol. The SMILES string of the molecule is O=S([O-])c1ccccc1C(F)(F)F. The number of benzene rings is 1. The first kappa shape index (κ1) is 10.2. The minimum absolute atomic E-state index is 0.727. The van der Waals surface area contributed by atoms with Crippen LogP contribution in [0.4, 0.5) is 13.2 Å². The van der Waals surface area contributed by atoms with Crippen molar-refractivity contribution in [3.8, 4) is 0 Å². The Kier molecular flexibility index (Phi) is 2.72. The Balaban J connectivity index is 3.28. The van der Waals surface area contributed by atoms with E-state index in [9.17, 15) is 21.9 Å². The van der Waals surface area contributed by atoms with E-state index in [1.54, 1.807) is 0 Å². The molecule has 0 saturated heterocycles. The predicted octanol–water partition coefficient (Wildman–Crippen LogP) is 1.94. The Morgan fingerprint density at radius 3 is 2.15 bits per heavy atom. The van der Waals surface area contributed by atoms with Crippen molar-refractivity contribution in [2.24, 2.45) is 0 Å². The van der Waals surface area contributed by atoms with Crippen LogP contribution in [0.5, 0.6) is 0 Å². The number of rotatable bonds is 1. The topological polar surface area (TPSA) is 40.1 Å². The Labute approximate surface area is 74.7 Å². The zero-order valence-electron chi connectivity index (χ0n) is 6.17. The van der Waals surface area contributed by atoms with Crippen LogP contribution in [0.25, 0.3) is 0 Å². The van der Waals surface area contributed by atoms with Gasteiger partial charge >= 0.3 is 6.18 Å². The summed E-state index contributed by atoms with van der Waals surface area (Å²) in [6.07, 6.45) is -4.63. The smallest absolute Gasteiger partial charge is 0.417 e. The molecule has 0 aliphatic rings. The van der Waals surface area contributed by atoms with Crippen LogP contribution in [0.15, 0.2) is 29.2 Å². The fourth-order valence-electron chi connectivity index (χ4n) is 0.846. The molecule has 0 N–H and O–H groups in total. The molecule has 0 aliphatic heterocycles. The summed E-state index contributed by atoms with van der Waals surface area (Å²) >= 11 is -2.86. The van der Waals surface area contributed by atoms with Crippen LogP contribution in [-0.2, 0) is 17.3 Å². The van der Waals surface area contributed by atoms with Crippen LogP contribution in [0.2, 0.25) is 0 Å². The lowest BCUT2D eigenvalue weighted by molar-refractivity contribution is -0.139. The van der Waals surface area contributed by atoms with Crippen molar-refractivity contribution in [3.05, 3.63) is 29.8 Å². The number of hydrogen-bond donors (Lipinski definition) is 0. The standard InChI is InChI=1S/C7H5F3O2S/c8-7(9,10)5-3-1-2-4-6(5)13(11)12/h1-4H,(H,11,12)/p-1. The lowest BCUT2D eigenvalue weighted by atomic mass is 10.2. The van der Waals surface area contributed by atoms with Crippen LogP contribution in [0.3, 0.4) is 0 Å². The minimum atomic E-state index is -4.63. The Morgan fingerprint density at radius 1 is 1.23 bits per heavy atom. The molecule has 2 nitrogen and oxygen atoms in total. The summed E-state index contributed by atoms with van der Waals surface area (Å²) in [7, 11) is 0. The van der Waals surface area contributed by atoms with E-state index < -0.39 is 27.7 Å². The quantitative estimate of drug-likeness (QED) is 0.663. The minimum Gasteiger partial charge on any atom is -0.768 e. The highest BCUT2D eigenvalue weighted by Gasteiger charge is 2.33. The van der Waals surface area contributed by atoms with Gasteiger partial charge in [0.1, 0.15) is 0 Å². The largest absolute Gasteiger partial charge is 0.768 e. The fourth-order valence-corrected chi connectivity index (χ4v) is 1.40. The van der Waals surface area contributed by atoms with Crippen LogP contribution < -0.4 is 0 Å². The van der Waals surface area contributed by atoms with Gasteiger partial charge in [0.2, 0.25) is 0 Å². The molecule has 72 valence electrons. The van der Waals surface area contributed by atoms with Gasteiger partial charge in [-0.05, 0) is 23.2 Å². The number of halogens is 3. The van der Waals surface area contributed by atoms with Crippen LogP contribution in [0.1, 0.15) is 5.56 Å². The van der Waals surface area contributed by atoms with Crippen molar-refractivity contribution in [1.82, 2.24) is 0 Å². The molecule has 0 amide bonds. The van der Waals surface area contributed by atoms with Crippen molar-refractivity contribution < 1.29 is 21.9 Å². The van der Waals surface area contributed by atoms with E-state index in [0.29, 0.717) is 0 Å². The molecule has 6 heteroatoms. The molecule has 13 heavy (non-hydrogen) atoms. The second-order valence-electron chi connectivity index (χ2n) is 2.23. The highest BCUT2D eigenvalue weighted by atomic mass is 32.2. The maximum absolute atomic E-state index is 12.1. The van der Waals surface area contributed by atoms with Gasteiger partial charge in [-0.3, -0.25) is 4.21 Å². The van der Waals surface area contributed by atoms with Crippen molar-refractivity contribution in [1.29, 1.82) is 0 Å². The molecule has 0 radical (unpaired) electrons. The van der Waals surface area contributed by atoms with Crippen LogP contribution >= 0.6 is 0 Å². The summed E-state index contributed by atoms with van der Waals surface area (Å²) in [5, 5.41) is 0. The Hall–Kier alpha value is -0.880. The molecule has 0 heterocycles. The highest BCUT2D eigenvalue weighted by molar-refractivity contribution is 7.79. The summed E-state index contributed by atoms with van der Waals surface area (Å²) in [6, 6.07) is 4.01. The van der Waals surface area contributed by atoms with Gasteiger partial charge in [-0.1, -0.05) is 12.1 Å². The summed E-state index contributed by atoms with van der Waals surface area (Å²) in [5.41, 5.74) is -1.14. The molecule has 1 aromatic rings. The molecule has 0 fully saturated rings. The van der Waals surface area contributed by atoms with E-state index in [1.807, 2.05) is 0 Å². The zero-order chi connectivity index (χ0) is 10.1. The Bertz CT molecular complexity index is 335. The third-order valence-electron chi connectivity index (χ3n) is 1.37. The molecular weight excluding hydrogens is 205 g/mol. The maximum atomic E-state index is 12.1. The van der Waals surface area contributed by atoms with Gasteiger partial charge in [-0.15, -0.1) is 0 Å². The van der Waals surface area contributed by atoms with Crippen LogP contribution in [0, 0.1) is 0 Å². The van der Waals surface area contributed by atoms with E-state index >= 15 is 0 Å². The molecule has 0 saturated carbocycles. The normalized spacial score (nSPS) is 14.2. The lowest BCUT2D eigenvalue weighted by Gasteiger charge is -2.13. The van der Waals surface area contributed by atoms with Crippen molar-refractivity contribution in [2.75, 3.05) is 0 Å². The first-order chi connectivity index (χ1) is 5.93. The second kappa shape index (κ2) is 3.47. The first-order valence-electron chi connectivity index (χ1n) is 3.18. The maximum Gasteiger partial charge on any atom is 0.417 e. The van der Waals surface area contributed by atoms with E-state index in [0.717, 1.165) is 18.2 Å². The summed E-state index contributed by atoms with van der Waals surface area (Å²) in [4.78, 5) is -0.727. The van der Waals surface area contributed by atoms with Gasteiger partial charge in [-0.2, -0.15) is 13.2 Å². The van der Waals surface area contributed by atoms with Gasteiger partial charge in [-0.25, -0.2) is 0 Å². The van der Waals surface area contributed by atoms with Gasteiger partial charge in [0.05, 0.1) is 5.56 Å². The molecule has 1 unspecified atom stereocenters. The third-order valence-corrected chi connectivity index (χ3v) is 2.09. The summed E-state index contributed by atoms with van der Waals surface area (Å²) in [5.74, 6) is 0. The van der Waals surface area contributed by atoms with Crippen molar-refractivity contribution in [2.45, 2.75) is 11.1 Å². The summed E-state index contributed by atoms with van der Waals surface area (Å²) < 4.78 is 57.1. The van der Waals surface area contributed by atoms with E-state index in [4.69, 9.17) is 0 Å². The molecule has 1 aromatic carbocycles. The predicted molar refractivity (Wildman–Crippen MR) is 38.6 cm³/mol. The first-order valence-corrected chi connectivity index (χ1v) is 4.26. The van der Waals surface area contributed by atoms with E-state index in [2.05, 4.69) is 0 Å². The van der Waals surface area contributed by atoms with Crippen molar-refractivity contribution >= 4 is 11.1 Å². The third kappa shape index (κ3) is 2.28. The molecule has 0 aliphatic carbocycles. The molecule has 0 bridgehead atoms. The van der Waals surface area contributed by atoms with Gasteiger partial charge < -0.3 is 4.55 Å². The van der Waals surface area contributed by atoms with E-state index in [-0.39, 0.29) is 0 Å². The Morgan fingerprint density at radius 2 is 1.77 bits per heavy atom. The number of alkyl halides is 3. The molecule has 0 aromatic heterocycles. The number of hydrogen-bond acceptors (Lipinski definition) is 2. The molecule has 1 atom stereocenters. The highest BCUT2D eigenvalue weighted by Crippen LogP contribution is 2.32. The average Bonchev–Trinajstić information content (AvgIpc) is 2.03. The fraction of sp³-hybridized carbons (Fsp3) is 0.143.